The molecule has 168 valence electrons. The lowest BCUT2D eigenvalue weighted by molar-refractivity contribution is 0.0383. The highest BCUT2D eigenvalue weighted by Gasteiger charge is 2.25. The van der Waals surface area contributed by atoms with Crippen molar-refractivity contribution in [1.29, 1.82) is 0 Å². The lowest BCUT2D eigenvalue weighted by atomic mass is 10.2. The van der Waals surface area contributed by atoms with Crippen molar-refractivity contribution in [3.8, 4) is 5.75 Å². The molecule has 0 bridgehead atoms. The summed E-state index contributed by atoms with van der Waals surface area (Å²) < 4.78 is 16.3. The van der Waals surface area contributed by atoms with Crippen LogP contribution in [-0.2, 0) is 17.8 Å². The van der Waals surface area contributed by atoms with Gasteiger partial charge in [-0.05, 0) is 36.5 Å². The molecule has 1 saturated carbocycles. The second-order valence-corrected chi connectivity index (χ2v) is 8.30. The number of benzene rings is 1. The second kappa shape index (κ2) is 10.7. The molecule has 2 aromatic rings. The Labute approximate surface area is 183 Å². The van der Waals surface area contributed by atoms with Gasteiger partial charge in [-0.2, -0.15) is 0 Å². The highest BCUT2D eigenvalue weighted by Crippen LogP contribution is 2.31. The Morgan fingerprint density at radius 1 is 1.29 bits per heavy atom. The number of oxazole rings is 1. The number of rotatable bonds is 11. The maximum absolute atomic E-state index is 12.4. The van der Waals surface area contributed by atoms with E-state index in [1.54, 1.807) is 7.11 Å². The van der Waals surface area contributed by atoms with Crippen molar-refractivity contribution in [3.63, 3.8) is 0 Å². The molecule has 8 nitrogen and oxygen atoms in total. The van der Waals surface area contributed by atoms with E-state index in [0.717, 1.165) is 57.6 Å². The summed E-state index contributed by atoms with van der Waals surface area (Å²) in [7, 11) is 1.68. The lowest BCUT2D eigenvalue weighted by Crippen LogP contribution is -2.41. The maximum atomic E-state index is 12.4. The highest BCUT2D eigenvalue weighted by molar-refractivity contribution is 5.91. The molecule has 8 heteroatoms. The average Bonchev–Trinajstić information content (AvgIpc) is 3.48. The van der Waals surface area contributed by atoms with Gasteiger partial charge in [-0.15, -0.1) is 0 Å². The van der Waals surface area contributed by atoms with Gasteiger partial charge in [-0.1, -0.05) is 12.1 Å². The van der Waals surface area contributed by atoms with Gasteiger partial charge < -0.3 is 19.2 Å². The third-order valence-corrected chi connectivity index (χ3v) is 5.71. The SMILES string of the molecule is COc1cccc(CN(Cc2nc(C(=O)NCCN3CCOCC3)co2)CC2CC2)c1. The number of carbonyl (C=O) groups excluding carboxylic acids is 1. The van der Waals surface area contributed by atoms with Gasteiger partial charge in [0, 0.05) is 39.3 Å². The normalized spacial score (nSPS) is 17.1. The molecule has 2 aliphatic rings. The smallest absolute Gasteiger partial charge is 0.273 e. The predicted molar refractivity (Wildman–Crippen MR) is 116 cm³/mol. The summed E-state index contributed by atoms with van der Waals surface area (Å²) in [6, 6.07) is 8.12. The third kappa shape index (κ3) is 6.78. The minimum Gasteiger partial charge on any atom is -0.497 e. The standard InChI is InChI=1S/C23H32N4O4/c1-29-20-4-2-3-19(13-20)15-27(14-18-5-6-18)16-22-25-21(17-31-22)23(28)24-7-8-26-9-11-30-12-10-26/h2-4,13,17-18H,5-12,14-16H2,1H3,(H,24,28). The number of ether oxygens (including phenoxy) is 2. The zero-order chi connectivity index (χ0) is 21.5. The van der Waals surface area contributed by atoms with E-state index in [2.05, 4.69) is 32.2 Å². The van der Waals surface area contributed by atoms with Crippen LogP contribution in [0.25, 0.3) is 0 Å². The molecule has 1 aromatic carbocycles. The van der Waals surface area contributed by atoms with Crippen molar-refractivity contribution in [1.82, 2.24) is 20.1 Å². The van der Waals surface area contributed by atoms with Crippen LogP contribution in [0, 0.1) is 5.92 Å². The first-order valence-corrected chi connectivity index (χ1v) is 11.1. The number of nitrogens with zero attached hydrogens (tertiary/aromatic N) is 3. The summed E-state index contributed by atoms with van der Waals surface area (Å²) in [6.07, 6.45) is 4.01. The Balaban J connectivity index is 1.29. The number of methoxy groups -OCH3 is 1. The number of nitrogens with one attached hydrogen (secondary N) is 1. The fraction of sp³-hybridized carbons (Fsp3) is 0.565. The molecular formula is C23H32N4O4. The molecule has 0 unspecified atom stereocenters. The highest BCUT2D eigenvalue weighted by atomic mass is 16.5. The van der Waals surface area contributed by atoms with Crippen LogP contribution in [0.3, 0.4) is 0 Å². The third-order valence-electron chi connectivity index (χ3n) is 5.71. The van der Waals surface area contributed by atoms with Gasteiger partial charge in [0.2, 0.25) is 5.89 Å². The molecule has 1 amide bonds. The quantitative estimate of drug-likeness (QED) is 0.587. The van der Waals surface area contributed by atoms with Crippen LogP contribution in [0.5, 0.6) is 5.75 Å². The van der Waals surface area contributed by atoms with E-state index in [9.17, 15) is 4.79 Å². The van der Waals surface area contributed by atoms with Crippen molar-refractivity contribution in [3.05, 3.63) is 47.7 Å². The lowest BCUT2D eigenvalue weighted by Gasteiger charge is -2.26. The number of morpholine rings is 1. The Morgan fingerprint density at radius 2 is 2.13 bits per heavy atom. The van der Waals surface area contributed by atoms with Crippen LogP contribution in [0.4, 0.5) is 0 Å². The van der Waals surface area contributed by atoms with Crippen LogP contribution in [0.2, 0.25) is 0 Å². The summed E-state index contributed by atoms with van der Waals surface area (Å²) in [4.78, 5) is 21.5. The number of aromatic nitrogens is 1. The van der Waals surface area contributed by atoms with E-state index in [1.807, 2.05) is 12.1 Å². The van der Waals surface area contributed by atoms with Crippen LogP contribution in [0.1, 0.15) is 34.8 Å². The fourth-order valence-corrected chi connectivity index (χ4v) is 3.80. The number of hydrogen-bond acceptors (Lipinski definition) is 7. The fourth-order valence-electron chi connectivity index (χ4n) is 3.80. The van der Waals surface area contributed by atoms with Crippen molar-refractivity contribution in [2.45, 2.75) is 25.9 Å². The molecule has 1 saturated heterocycles. The molecule has 0 spiro atoms. The van der Waals surface area contributed by atoms with Crippen LogP contribution in [-0.4, -0.2) is 73.7 Å². The summed E-state index contributed by atoms with van der Waals surface area (Å²) in [5.74, 6) is 1.98. The molecule has 1 aromatic heterocycles. The minimum absolute atomic E-state index is 0.190. The van der Waals surface area contributed by atoms with Gasteiger partial charge in [0.15, 0.2) is 5.69 Å². The first-order chi connectivity index (χ1) is 15.2. The molecule has 31 heavy (non-hydrogen) atoms. The topological polar surface area (TPSA) is 80.1 Å². The summed E-state index contributed by atoms with van der Waals surface area (Å²) in [5, 5.41) is 2.94. The summed E-state index contributed by atoms with van der Waals surface area (Å²) >= 11 is 0. The molecule has 1 aliphatic carbocycles. The zero-order valence-electron chi connectivity index (χ0n) is 18.2. The van der Waals surface area contributed by atoms with E-state index in [0.29, 0.717) is 24.7 Å². The van der Waals surface area contributed by atoms with Crippen molar-refractivity contribution in [2.75, 3.05) is 53.0 Å². The number of carbonyl (C=O) groups is 1. The van der Waals surface area contributed by atoms with Gasteiger partial charge in [-0.3, -0.25) is 14.6 Å². The molecule has 2 heterocycles. The Morgan fingerprint density at radius 3 is 2.90 bits per heavy atom. The molecular weight excluding hydrogens is 396 g/mol. The Hall–Kier alpha value is -2.42. The largest absolute Gasteiger partial charge is 0.497 e. The first kappa shape index (κ1) is 21.8. The van der Waals surface area contributed by atoms with E-state index in [1.165, 1.54) is 24.7 Å². The summed E-state index contributed by atoms with van der Waals surface area (Å²) in [5.41, 5.74) is 1.53. The van der Waals surface area contributed by atoms with E-state index in [4.69, 9.17) is 13.9 Å². The van der Waals surface area contributed by atoms with E-state index >= 15 is 0 Å². The molecule has 1 aliphatic heterocycles. The average molecular weight is 429 g/mol. The van der Waals surface area contributed by atoms with Gasteiger partial charge in [0.05, 0.1) is 26.9 Å². The van der Waals surface area contributed by atoms with Crippen molar-refractivity contribution in [2.24, 2.45) is 5.92 Å². The number of hydrogen-bond donors (Lipinski definition) is 1. The summed E-state index contributed by atoms with van der Waals surface area (Å²) in [6.45, 7) is 7.11. The van der Waals surface area contributed by atoms with Crippen LogP contribution >= 0.6 is 0 Å². The van der Waals surface area contributed by atoms with Crippen molar-refractivity contribution < 1.29 is 18.7 Å². The van der Waals surface area contributed by atoms with Crippen LogP contribution < -0.4 is 10.1 Å². The van der Waals surface area contributed by atoms with Crippen molar-refractivity contribution >= 4 is 5.91 Å². The molecule has 4 rings (SSSR count). The van der Waals surface area contributed by atoms with Gasteiger partial charge in [-0.25, -0.2) is 4.98 Å². The molecule has 2 fully saturated rings. The zero-order valence-corrected chi connectivity index (χ0v) is 18.2. The van der Waals surface area contributed by atoms with Crippen LogP contribution in [0.15, 0.2) is 34.9 Å². The minimum atomic E-state index is -0.190. The molecule has 0 atom stereocenters. The predicted octanol–water partition coefficient (Wildman–Crippen LogP) is 2.16. The van der Waals surface area contributed by atoms with E-state index < -0.39 is 0 Å². The Bertz CT molecular complexity index is 846. The van der Waals surface area contributed by atoms with Gasteiger partial charge >= 0.3 is 0 Å². The monoisotopic (exact) mass is 428 g/mol. The Kier molecular flexibility index (Phi) is 7.56. The van der Waals surface area contributed by atoms with Gasteiger partial charge in [0.25, 0.3) is 5.91 Å². The van der Waals surface area contributed by atoms with Gasteiger partial charge in [0.1, 0.15) is 12.0 Å². The molecule has 0 radical (unpaired) electrons. The van der Waals surface area contributed by atoms with E-state index in [-0.39, 0.29) is 5.91 Å². The molecule has 1 N–H and O–H groups in total. The maximum Gasteiger partial charge on any atom is 0.273 e. The second-order valence-electron chi connectivity index (χ2n) is 8.30. The number of amides is 1. The first-order valence-electron chi connectivity index (χ1n) is 11.1.